The average molecular weight is 274 g/mol. The lowest BCUT2D eigenvalue weighted by atomic mass is 10.2. The Morgan fingerprint density at radius 1 is 1.35 bits per heavy atom. The number of esters is 1. The number of nitrogen functional groups attached to an aromatic ring is 1. The fourth-order valence-corrected chi connectivity index (χ4v) is 1.95. The summed E-state index contributed by atoms with van der Waals surface area (Å²) in [5.74, 6) is 0.334. The monoisotopic (exact) mass is 274 g/mol. The van der Waals surface area contributed by atoms with E-state index in [0.29, 0.717) is 23.7 Å². The zero-order valence-electron chi connectivity index (χ0n) is 11.8. The Labute approximate surface area is 117 Å². The topological polar surface area (TPSA) is 73.4 Å². The zero-order valence-corrected chi connectivity index (χ0v) is 11.8. The number of anilines is 2. The molecule has 20 heavy (non-hydrogen) atoms. The Hall–Kier alpha value is -2.50. The van der Waals surface area contributed by atoms with E-state index in [4.69, 9.17) is 10.5 Å². The summed E-state index contributed by atoms with van der Waals surface area (Å²) in [6, 6.07) is 9.80. The molecule has 0 atom stereocenters. The Balaban J connectivity index is 2.42. The normalized spacial score (nSPS) is 10.3. The number of carbonyl (C=O) groups excluding carboxylic acids is 1. The molecule has 2 N–H and O–H groups in total. The number of benzene rings is 1. The summed E-state index contributed by atoms with van der Waals surface area (Å²) in [5, 5.41) is 4.39. The van der Waals surface area contributed by atoms with E-state index in [1.165, 1.54) is 7.11 Å². The standard InChI is InChI=1S/C14H18N4O2/c1-17(2)13-11(14(19)20-3)12(15)18(16-13)9-10-7-5-4-6-8-10/h4-8H,9,15H2,1-3H3. The van der Waals surface area contributed by atoms with Crippen LogP contribution in [0.4, 0.5) is 11.6 Å². The summed E-state index contributed by atoms with van der Waals surface area (Å²) in [6.07, 6.45) is 0. The molecule has 6 heteroatoms. The Morgan fingerprint density at radius 3 is 2.55 bits per heavy atom. The highest BCUT2D eigenvalue weighted by molar-refractivity contribution is 5.99. The fraction of sp³-hybridized carbons (Fsp3) is 0.286. The molecule has 106 valence electrons. The van der Waals surface area contributed by atoms with Crippen molar-refractivity contribution in [2.45, 2.75) is 6.54 Å². The predicted molar refractivity (Wildman–Crippen MR) is 77.8 cm³/mol. The van der Waals surface area contributed by atoms with Crippen LogP contribution in [0.2, 0.25) is 0 Å². The molecule has 2 aromatic rings. The van der Waals surface area contributed by atoms with E-state index in [2.05, 4.69) is 5.10 Å². The highest BCUT2D eigenvalue weighted by Gasteiger charge is 2.24. The number of carbonyl (C=O) groups is 1. The number of rotatable bonds is 4. The van der Waals surface area contributed by atoms with E-state index in [1.54, 1.807) is 23.7 Å². The second-order valence-corrected chi connectivity index (χ2v) is 4.61. The van der Waals surface area contributed by atoms with Crippen LogP contribution in [0.5, 0.6) is 0 Å². The number of ether oxygens (including phenoxy) is 1. The van der Waals surface area contributed by atoms with Crippen molar-refractivity contribution >= 4 is 17.6 Å². The smallest absolute Gasteiger partial charge is 0.345 e. The minimum absolute atomic E-state index is 0.299. The van der Waals surface area contributed by atoms with Gasteiger partial charge < -0.3 is 15.4 Å². The van der Waals surface area contributed by atoms with Crippen molar-refractivity contribution in [1.29, 1.82) is 0 Å². The summed E-state index contributed by atoms with van der Waals surface area (Å²) >= 11 is 0. The van der Waals surface area contributed by atoms with Gasteiger partial charge >= 0.3 is 5.97 Å². The summed E-state index contributed by atoms with van der Waals surface area (Å²) in [7, 11) is 4.94. The molecule has 0 spiro atoms. The van der Waals surface area contributed by atoms with Gasteiger partial charge in [0.15, 0.2) is 5.82 Å². The molecular weight excluding hydrogens is 256 g/mol. The van der Waals surface area contributed by atoms with Crippen molar-refractivity contribution in [2.24, 2.45) is 0 Å². The highest BCUT2D eigenvalue weighted by Crippen LogP contribution is 2.25. The lowest BCUT2D eigenvalue weighted by Gasteiger charge is -2.09. The van der Waals surface area contributed by atoms with Crippen molar-refractivity contribution in [3.05, 3.63) is 41.5 Å². The maximum atomic E-state index is 11.8. The highest BCUT2D eigenvalue weighted by atomic mass is 16.5. The van der Waals surface area contributed by atoms with Crippen LogP contribution < -0.4 is 10.6 Å². The lowest BCUT2D eigenvalue weighted by Crippen LogP contribution is -2.14. The van der Waals surface area contributed by atoms with Crippen molar-refractivity contribution < 1.29 is 9.53 Å². The van der Waals surface area contributed by atoms with Crippen LogP contribution in [0.25, 0.3) is 0 Å². The lowest BCUT2D eigenvalue weighted by molar-refractivity contribution is 0.0602. The number of methoxy groups -OCH3 is 1. The Morgan fingerprint density at radius 2 is 2.00 bits per heavy atom. The molecule has 0 fully saturated rings. The molecule has 0 radical (unpaired) electrons. The molecule has 0 aliphatic heterocycles. The molecule has 0 aliphatic carbocycles. The van der Waals surface area contributed by atoms with Gasteiger partial charge in [0.05, 0.1) is 13.7 Å². The fourth-order valence-electron chi connectivity index (χ4n) is 1.95. The number of nitrogens with two attached hydrogens (primary N) is 1. The van der Waals surface area contributed by atoms with E-state index >= 15 is 0 Å². The first kappa shape index (κ1) is 13.9. The minimum Gasteiger partial charge on any atom is -0.465 e. The molecule has 0 saturated carbocycles. The molecule has 1 aromatic carbocycles. The van der Waals surface area contributed by atoms with Crippen LogP contribution in [-0.4, -0.2) is 37.0 Å². The molecule has 0 saturated heterocycles. The van der Waals surface area contributed by atoms with Crippen LogP contribution in [0.1, 0.15) is 15.9 Å². The number of aromatic nitrogens is 2. The van der Waals surface area contributed by atoms with Gasteiger partial charge in [-0.2, -0.15) is 5.10 Å². The van der Waals surface area contributed by atoms with Gasteiger partial charge in [-0.15, -0.1) is 0 Å². The van der Waals surface area contributed by atoms with Gasteiger partial charge in [0, 0.05) is 14.1 Å². The number of nitrogens with zero attached hydrogens (tertiary/aromatic N) is 3. The van der Waals surface area contributed by atoms with Crippen molar-refractivity contribution in [3.8, 4) is 0 Å². The summed E-state index contributed by atoms with van der Waals surface area (Å²) in [5.41, 5.74) is 7.40. The van der Waals surface area contributed by atoms with Gasteiger partial charge in [-0.1, -0.05) is 30.3 Å². The molecule has 1 aromatic heterocycles. The van der Waals surface area contributed by atoms with Gasteiger partial charge in [-0.3, -0.25) is 0 Å². The summed E-state index contributed by atoms with van der Waals surface area (Å²) < 4.78 is 6.38. The maximum Gasteiger partial charge on any atom is 0.345 e. The quantitative estimate of drug-likeness (QED) is 0.852. The second-order valence-electron chi connectivity index (χ2n) is 4.61. The minimum atomic E-state index is -0.481. The van der Waals surface area contributed by atoms with E-state index in [9.17, 15) is 4.79 Å². The molecule has 1 heterocycles. The summed E-state index contributed by atoms with van der Waals surface area (Å²) in [6.45, 7) is 0.504. The third-order valence-corrected chi connectivity index (χ3v) is 2.96. The van der Waals surface area contributed by atoms with Gasteiger partial charge in [0.25, 0.3) is 0 Å². The van der Waals surface area contributed by atoms with Gasteiger partial charge in [-0.25, -0.2) is 9.48 Å². The Kier molecular flexibility index (Phi) is 3.93. The maximum absolute atomic E-state index is 11.8. The largest absolute Gasteiger partial charge is 0.465 e. The van der Waals surface area contributed by atoms with Crippen molar-refractivity contribution in [2.75, 3.05) is 31.8 Å². The van der Waals surface area contributed by atoms with Crippen molar-refractivity contribution in [1.82, 2.24) is 9.78 Å². The van der Waals surface area contributed by atoms with E-state index in [0.717, 1.165) is 5.56 Å². The van der Waals surface area contributed by atoms with Crippen LogP contribution in [0, 0.1) is 0 Å². The molecule has 2 rings (SSSR count). The molecular formula is C14H18N4O2. The van der Waals surface area contributed by atoms with Gasteiger partial charge in [-0.05, 0) is 5.56 Å². The number of hydrogen-bond donors (Lipinski definition) is 1. The first-order valence-corrected chi connectivity index (χ1v) is 6.20. The average Bonchev–Trinajstić information content (AvgIpc) is 2.77. The SMILES string of the molecule is COC(=O)c1c(N(C)C)nn(Cc2ccccc2)c1N. The first-order valence-electron chi connectivity index (χ1n) is 6.20. The van der Waals surface area contributed by atoms with Gasteiger partial charge in [0.1, 0.15) is 11.4 Å². The van der Waals surface area contributed by atoms with Crippen LogP contribution in [-0.2, 0) is 11.3 Å². The van der Waals surface area contributed by atoms with Gasteiger partial charge in [0.2, 0.25) is 0 Å². The third-order valence-electron chi connectivity index (χ3n) is 2.96. The second kappa shape index (κ2) is 5.64. The molecule has 6 nitrogen and oxygen atoms in total. The Bertz CT molecular complexity index is 605. The molecule has 0 unspecified atom stereocenters. The number of hydrogen-bond acceptors (Lipinski definition) is 5. The molecule has 0 bridgehead atoms. The van der Waals surface area contributed by atoms with Crippen LogP contribution in [0.3, 0.4) is 0 Å². The van der Waals surface area contributed by atoms with E-state index in [-0.39, 0.29) is 0 Å². The third kappa shape index (κ3) is 2.59. The van der Waals surface area contributed by atoms with Crippen LogP contribution >= 0.6 is 0 Å². The van der Waals surface area contributed by atoms with E-state index in [1.807, 2.05) is 30.3 Å². The molecule has 0 aliphatic rings. The first-order chi connectivity index (χ1) is 9.54. The van der Waals surface area contributed by atoms with Crippen LogP contribution in [0.15, 0.2) is 30.3 Å². The zero-order chi connectivity index (χ0) is 14.7. The van der Waals surface area contributed by atoms with Crippen molar-refractivity contribution in [3.63, 3.8) is 0 Å². The summed E-state index contributed by atoms with van der Waals surface area (Å²) in [4.78, 5) is 13.6. The predicted octanol–water partition coefficient (Wildman–Crippen LogP) is 1.37. The van der Waals surface area contributed by atoms with E-state index < -0.39 is 5.97 Å². The molecule has 0 amide bonds.